The van der Waals surface area contributed by atoms with Crippen LogP contribution in [0.4, 0.5) is 5.69 Å². The number of hydrogen-bond acceptors (Lipinski definition) is 5. The largest absolute Gasteiger partial charge is 0.490 e. The Morgan fingerprint density at radius 2 is 2.12 bits per heavy atom. The Kier molecular flexibility index (Phi) is 6.64. The van der Waals surface area contributed by atoms with Gasteiger partial charge in [-0.3, -0.25) is 0 Å². The van der Waals surface area contributed by atoms with Crippen LogP contribution in [0.15, 0.2) is 29.5 Å². The van der Waals surface area contributed by atoms with Crippen molar-refractivity contribution in [1.82, 2.24) is 14.8 Å². The Bertz CT molecular complexity index is 703. The van der Waals surface area contributed by atoms with E-state index in [2.05, 4.69) is 20.4 Å². The summed E-state index contributed by atoms with van der Waals surface area (Å²) >= 11 is 0. The van der Waals surface area contributed by atoms with Crippen molar-refractivity contribution in [3.8, 4) is 11.5 Å². The molecule has 1 aliphatic rings. The summed E-state index contributed by atoms with van der Waals surface area (Å²) in [5.41, 5.74) is 6.73. The minimum absolute atomic E-state index is 0. The average molecular weight is 444 g/mol. The highest BCUT2D eigenvalue weighted by molar-refractivity contribution is 14.0. The minimum atomic E-state index is 0. The van der Waals surface area contributed by atoms with Crippen molar-refractivity contribution in [3.05, 3.63) is 30.4 Å². The molecule has 0 saturated heterocycles. The maximum atomic E-state index is 5.93. The topological polar surface area (TPSA) is 99.6 Å². The number of aliphatic imine (C=N–C) groups is 1. The monoisotopic (exact) mass is 444 g/mol. The van der Waals surface area contributed by atoms with E-state index in [0.717, 1.165) is 30.2 Å². The quantitative estimate of drug-likeness (QED) is 0.425. The smallest absolute Gasteiger partial charge is 0.193 e. The molecule has 9 heteroatoms. The van der Waals surface area contributed by atoms with Gasteiger partial charge in [-0.15, -0.1) is 24.0 Å². The van der Waals surface area contributed by atoms with Crippen molar-refractivity contribution >= 4 is 35.6 Å². The lowest BCUT2D eigenvalue weighted by Crippen LogP contribution is -2.23. The lowest BCUT2D eigenvalue weighted by Gasteiger charge is -2.10. The number of aryl methyl sites for hydroxylation is 1. The van der Waals surface area contributed by atoms with Gasteiger partial charge < -0.3 is 20.5 Å². The fraction of sp³-hybridized carbons (Fsp3) is 0.400. The maximum Gasteiger partial charge on any atom is 0.193 e. The van der Waals surface area contributed by atoms with Crippen LogP contribution in [0.5, 0.6) is 11.5 Å². The van der Waals surface area contributed by atoms with Crippen molar-refractivity contribution in [2.75, 3.05) is 18.5 Å². The van der Waals surface area contributed by atoms with Crippen LogP contribution in [0.1, 0.15) is 19.2 Å². The first-order chi connectivity index (χ1) is 11.3. The van der Waals surface area contributed by atoms with E-state index >= 15 is 0 Å². The first-order valence-corrected chi connectivity index (χ1v) is 7.59. The van der Waals surface area contributed by atoms with Gasteiger partial charge in [0, 0.05) is 24.7 Å². The van der Waals surface area contributed by atoms with E-state index in [0.29, 0.717) is 31.5 Å². The number of nitrogens with one attached hydrogen (secondary N) is 1. The number of fused-ring (bicyclic) bond motifs is 1. The summed E-state index contributed by atoms with van der Waals surface area (Å²) in [6, 6.07) is 5.60. The van der Waals surface area contributed by atoms with Crippen LogP contribution in [0.2, 0.25) is 0 Å². The van der Waals surface area contributed by atoms with Crippen molar-refractivity contribution < 1.29 is 9.47 Å². The second-order valence-corrected chi connectivity index (χ2v) is 5.03. The van der Waals surface area contributed by atoms with Crippen LogP contribution < -0.4 is 20.5 Å². The van der Waals surface area contributed by atoms with Gasteiger partial charge in [0.15, 0.2) is 17.5 Å². The van der Waals surface area contributed by atoms with Crippen LogP contribution in [0, 0.1) is 0 Å². The standard InChI is InChI=1S/C15H20N6O2.HI/c1-2-21-14(18-10-19-21)9-17-15(16)20-11-4-5-12-13(8-11)23-7-3-6-22-12;/h4-5,8,10H,2-3,6-7,9H2,1H3,(H3,16,17,20);1H. The molecule has 0 fully saturated rings. The number of guanidine groups is 1. The molecule has 130 valence electrons. The molecule has 3 rings (SSSR count). The minimum Gasteiger partial charge on any atom is -0.490 e. The highest BCUT2D eigenvalue weighted by Crippen LogP contribution is 2.32. The van der Waals surface area contributed by atoms with E-state index in [-0.39, 0.29) is 24.0 Å². The number of hydrogen-bond donors (Lipinski definition) is 2. The number of anilines is 1. The summed E-state index contributed by atoms with van der Waals surface area (Å²) in [6.45, 7) is 4.44. The molecule has 0 radical (unpaired) electrons. The number of aromatic nitrogens is 3. The second kappa shape index (κ2) is 8.71. The first kappa shape index (κ1) is 18.3. The molecular formula is C15H21IN6O2. The van der Waals surface area contributed by atoms with Crippen molar-refractivity contribution in [1.29, 1.82) is 0 Å². The molecule has 24 heavy (non-hydrogen) atoms. The average Bonchev–Trinajstić information content (AvgIpc) is 2.89. The summed E-state index contributed by atoms with van der Waals surface area (Å²) in [4.78, 5) is 8.45. The lowest BCUT2D eigenvalue weighted by atomic mass is 10.3. The predicted molar refractivity (Wildman–Crippen MR) is 102 cm³/mol. The zero-order chi connectivity index (χ0) is 16.1. The Hall–Kier alpha value is -2.04. The highest BCUT2D eigenvalue weighted by atomic mass is 127. The number of nitrogens with two attached hydrogens (primary N) is 1. The van der Waals surface area contributed by atoms with E-state index in [9.17, 15) is 0 Å². The summed E-state index contributed by atoms with van der Waals surface area (Å²) in [7, 11) is 0. The van der Waals surface area contributed by atoms with E-state index in [1.807, 2.05) is 25.1 Å². The zero-order valence-corrected chi connectivity index (χ0v) is 15.8. The predicted octanol–water partition coefficient (Wildman–Crippen LogP) is 2.00. The third-order valence-corrected chi connectivity index (χ3v) is 3.41. The fourth-order valence-electron chi connectivity index (χ4n) is 2.26. The Labute approximate surface area is 157 Å². The summed E-state index contributed by atoms with van der Waals surface area (Å²) < 4.78 is 13.0. The third kappa shape index (κ3) is 4.49. The van der Waals surface area contributed by atoms with Gasteiger partial charge in [0.05, 0.1) is 13.2 Å². The second-order valence-electron chi connectivity index (χ2n) is 5.03. The van der Waals surface area contributed by atoms with Crippen LogP contribution in [-0.2, 0) is 13.1 Å². The van der Waals surface area contributed by atoms with Gasteiger partial charge in [-0.2, -0.15) is 5.10 Å². The molecule has 1 aromatic carbocycles. The van der Waals surface area contributed by atoms with Crippen LogP contribution in [-0.4, -0.2) is 33.9 Å². The molecule has 1 aromatic heterocycles. The van der Waals surface area contributed by atoms with Crippen molar-refractivity contribution in [3.63, 3.8) is 0 Å². The van der Waals surface area contributed by atoms with Crippen molar-refractivity contribution in [2.24, 2.45) is 10.7 Å². The third-order valence-electron chi connectivity index (χ3n) is 3.41. The Morgan fingerprint density at radius 1 is 1.33 bits per heavy atom. The molecule has 0 amide bonds. The molecule has 2 heterocycles. The van der Waals surface area contributed by atoms with Crippen molar-refractivity contribution in [2.45, 2.75) is 26.4 Å². The lowest BCUT2D eigenvalue weighted by molar-refractivity contribution is 0.297. The molecule has 0 saturated carbocycles. The van der Waals surface area contributed by atoms with Gasteiger partial charge in [0.2, 0.25) is 0 Å². The SMILES string of the molecule is CCn1ncnc1CN=C(N)Nc1ccc2c(c1)OCCCO2.I. The van der Waals surface area contributed by atoms with Gasteiger partial charge in [-0.1, -0.05) is 0 Å². The molecule has 0 atom stereocenters. The molecule has 0 spiro atoms. The van der Waals surface area contributed by atoms with E-state index in [1.54, 1.807) is 4.68 Å². The molecule has 1 aliphatic heterocycles. The summed E-state index contributed by atoms with van der Waals surface area (Å²) in [6.07, 6.45) is 2.39. The summed E-state index contributed by atoms with van der Waals surface area (Å²) in [5.74, 6) is 2.55. The van der Waals surface area contributed by atoms with Crippen LogP contribution in [0.3, 0.4) is 0 Å². The van der Waals surface area contributed by atoms with Gasteiger partial charge >= 0.3 is 0 Å². The van der Waals surface area contributed by atoms with Gasteiger partial charge in [-0.05, 0) is 19.1 Å². The van der Waals surface area contributed by atoms with Gasteiger partial charge in [0.1, 0.15) is 18.7 Å². The number of benzene rings is 1. The number of rotatable bonds is 4. The number of ether oxygens (including phenoxy) is 2. The molecule has 2 aromatic rings. The molecular weight excluding hydrogens is 423 g/mol. The highest BCUT2D eigenvalue weighted by Gasteiger charge is 2.11. The fourth-order valence-corrected chi connectivity index (χ4v) is 2.26. The van der Waals surface area contributed by atoms with Gasteiger partial charge in [-0.25, -0.2) is 14.7 Å². The maximum absolute atomic E-state index is 5.93. The van der Waals surface area contributed by atoms with E-state index in [4.69, 9.17) is 15.2 Å². The molecule has 0 unspecified atom stereocenters. The normalized spacial score (nSPS) is 13.8. The van der Waals surface area contributed by atoms with Crippen LogP contribution >= 0.6 is 24.0 Å². The molecule has 0 bridgehead atoms. The first-order valence-electron chi connectivity index (χ1n) is 7.59. The van der Waals surface area contributed by atoms with Gasteiger partial charge in [0.25, 0.3) is 0 Å². The van der Waals surface area contributed by atoms with E-state index in [1.165, 1.54) is 6.33 Å². The van der Waals surface area contributed by atoms with E-state index < -0.39 is 0 Å². The molecule has 8 nitrogen and oxygen atoms in total. The number of halogens is 1. The molecule has 0 aliphatic carbocycles. The summed E-state index contributed by atoms with van der Waals surface area (Å²) in [5, 5.41) is 7.15. The molecule has 3 N–H and O–H groups in total. The number of nitrogens with zero attached hydrogens (tertiary/aromatic N) is 4. The Morgan fingerprint density at radius 3 is 2.92 bits per heavy atom. The zero-order valence-electron chi connectivity index (χ0n) is 13.4. The van der Waals surface area contributed by atoms with Crippen LogP contribution in [0.25, 0.3) is 0 Å². The Balaban J connectivity index is 0.00000208.